The van der Waals surface area contributed by atoms with Gasteiger partial charge < -0.3 is 4.90 Å². The van der Waals surface area contributed by atoms with Gasteiger partial charge in [-0.15, -0.1) is 3.89 Å². The number of benzene rings is 1. The molecular formula is C14H15F4NO3S. The van der Waals surface area contributed by atoms with E-state index >= 15 is 0 Å². The quantitative estimate of drug-likeness (QED) is 0.603. The van der Waals surface area contributed by atoms with Gasteiger partial charge in [-0.25, -0.2) is 0 Å². The smallest absolute Gasteiger partial charge is 0.342 e. The lowest BCUT2D eigenvalue weighted by molar-refractivity contribution is -0.137. The monoisotopic (exact) mass is 353 g/mol. The van der Waals surface area contributed by atoms with Crippen molar-refractivity contribution in [3.05, 3.63) is 35.4 Å². The van der Waals surface area contributed by atoms with E-state index in [9.17, 15) is 30.3 Å². The van der Waals surface area contributed by atoms with E-state index in [1.54, 1.807) is 0 Å². The Morgan fingerprint density at radius 3 is 2.57 bits per heavy atom. The molecular weight excluding hydrogens is 338 g/mol. The minimum Gasteiger partial charge on any atom is -0.342 e. The van der Waals surface area contributed by atoms with E-state index in [0.717, 1.165) is 12.1 Å². The Balaban J connectivity index is 1.95. The van der Waals surface area contributed by atoms with Crippen molar-refractivity contribution in [1.82, 2.24) is 4.90 Å². The molecule has 0 spiro atoms. The second-order valence-corrected chi connectivity index (χ2v) is 6.97. The molecule has 1 atom stereocenters. The zero-order valence-electron chi connectivity index (χ0n) is 12.0. The highest BCUT2D eigenvalue weighted by Gasteiger charge is 2.33. The first-order chi connectivity index (χ1) is 10.5. The molecule has 0 saturated carbocycles. The topological polar surface area (TPSA) is 54.5 Å². The second kappa shape index (κ2) is 6.46. The molecule has 1 heterocycles. The fourth-order valence-electron chi connectivity index (χ4n) is 2.63. The Kier molecular flexibility index (Phi) is 4.98. The van der Waals surface area contributed by atoms with Gasteiger partial charge >= 0.3 is 16.4 Å². The summed E-state index contributed by atoms with van der Waals surface area (Å²) in [6.45, 7) is 0.268. The lowest BCUT2D eigenvalue weighted by Crippen LogP contribution is -2.28. The maximum Gasteiger partial charge on any atom is 0.416 e. The maximum absolute atomic E-state index is 12.6. The van der Waals surface area contributed by atoms with Crippen LogP contribution in [0.4, 0.5) is 17.1 Å². The van der Waals surface area contributed by atoms with E-state index in [-0.39, 0.29) is 31.8 Å². The summed E-state index contributed by atoms with van der Waals surface area (Å²) >= 11 is 0. The van der Waals surface area contributed by atoms with Crippen molar-refractivity contribution in [2.75, 3.05) is 18.8 Å². The highest BCUT2D eigenvalue weighted by molar-refractivity contribution is 7.86. The number of carbonyl (C=O) groups excluding carboxylic acids is 1. The van der Waals surface area contributed by atoms with Crippen LogP contribution in [0.2, 0.25) is 0 Å². The van der Waals surface area contributed by atoms with Gasteiger partial charge in [0.25, 0.3) is 0 Å². The predicted molar refractivity (Wildman–Crippen MR) is 74.7 cm³/mol. The Hall–Kier alpha value is -1.64. The van der Waals surface area contributed by atoms with Gasteiger partial charge in [0.15, 0.2) is 0 Å². The van der Waals surface area contributed by atoms with Gasteiger partial charge in [0.1, 0.15) is 0 Å². The number of hydrogen-bond donors (Lipinski definition) is 0. The fraction of sp³-hybridized carbons (Fsp3) is 0.500. The molecule has 0 bridgehead atoms. The van der Waals surface area contributed by atoms with Crippen LogP contribution < -0.4 is 0 Å². The maximum atomic E-state index is 12.6. The highest BCUT2D eigenvalue weighted by Crippen LogP contribution is 2.29. The Labute approximate surface area is 131 Å². The molecule has 1 saturated heterocycles. The van der Waals surface area contributed by atoms with Gasteiger partial charge in [0, 0.05) is 25.4 Å². The molecule has 9 heteroatoms. The standard InChI is InChI=1S/C14H15F4NO3S/c15-14(16,17)12-3-1-2-10(6-12)4-5-19-8-11(7-13(19)20)9-23(18,21)22/h1-3,6,11H,4-5,7-9H2. The van der Waals surface area contributed by atoms with E-state index in [1.807, 2.05) is 0 Å². The van der Waals surface area contributed by atoms with Crippen LogP contribution in [-0.4, -0.2) is 38.1 Å². The summed E-state index contributed by atoms with van der Waals surface area (Å²) in [7, 11) is -4.65. The number of likely N-dealkylation sites (tertiary alicyclic amines) is 1. The number of rotatable bonds is 5. The molecule has 0 radical (unpaired) electrons. The molecule has 1 aromatic carbocycles. The largest absolute Gasteiger partial charge is 0.416 e. The summed E-state index contributed by atoms with van der Waals surface area (Å²) < 4.78 is 71.7. The summed E-state index contributed by atoms with van der Waals surface area (Å²) in [6.07, 6.45) is -4.28. The first kappa shape index (κ1) is 17.7. The number of alkyl halides is 3. The number of nitrogens with zero attached hydrogens (tertiary/aromatic N) is 1. The average molecular weight is 353 g/mol. The number of carbonyl (C=O) groups is 1. The van der Waals surface area contributed by atoms with Crippen LogP contribution in [0.1, 0.15) is 17.5 Å². The third-order valence-corrected chi connectivity index (χ3v) is 4.52. The van der Waals surface area contributed by atoms with Gasteiger partial charge in [-0.2, -0.15) is 21.6 Å². The van der Waals surface area contributed by atoms with Crippen LogP contribution in [-0.2, 0) is 27.6 Å². The fourth-order valence-corrected chi connectivity index (χ4v) is 3.42. The molecule has 0 aliphatic carbocycles. The molecule has 4 nitrogen and oxygen atoms in total. The third-order valence-electron chi connectivity index (χ3n) is 3.65. The van der Waals surface area contributed by atoms with Crippen molar-refractivity contribution >= 4 is 16.1 Å². The molecule has 23 heavy (non-hydrogen) atoms. The molecule has 0 aromatic heterocycles. The van der Waals surface area contributed by atoms with Crippen LogP contribution >= 0.6 is 0 Å². The number of amides is 1. The normalized spacial score (nSPS) is 19.4. The van der Waals surface area contributed by atoms with Crippen LogP contribution in [0.5, 0.6) is 0 Å². The van der Waals surface area contributed by atoms with Crippen molar-refractivity contribution in [2.45, 2.75) is 19.0 Å². The van der Waals surface area contributed by atoms with Crippen molar-refractivity contribution in [1.29, 1.82) is 0 Å². The van der Waals surface area contributed by atoms with Crippen molar-refractivity contribution in [2.24, 2.45) is 5.92 Å². The number of hydrogen-bond acceptors (Lipinski definition) is 3. The average Bonchev–Trinajstić information content (AvgIpc) is 2.73. The summed E-state index contributed by atoms with van der Waals surface area (Å²) in [4.78, 5) is 13.1. The molecule has 1 aromatic rings. The molecule has 1 amide bonds. The SMILES string of the molecule is O=C1CC(CS(=O)(=O)F)CN1CCc1cccc(C(F)(F)F)c1. The van der Waals surface area contributed by atoms with E-state index in [2.05, 4.69) is 0 Å². The number of halogens is 4. The molecule has 2 rings (SSSR count). The van der Waals surface area contributed by atoms with E-state index in [4.69, 9.17) is 0 Å². The molecule has 1 unspecified atom stereocenters. The van der Waals surface area contributed by atoms with Gasteiger partial charge in [0.2, 0.25) is 5.91 Å². The molecule has 1 aliphatic rings. The van der Waals surface area contributed by atoms with Crippen LogP contribution in [0.25, 0.3) is 0 Å². The first-order valence-electron chi connectivity index (χ1n) is 6.91. The summed E-state index contributed by atoms with van der Waals surface area (Å²) in [5.74, 6) is -1.64. The van der Waals surface area contributed by atoms with E-state index < -0.39 is 33.6 Å². The van der Waals surface area contributed by atoms with Crippen LogP contribution in [0.15, 0.2) is 24.3 Å². The molecule has 1 fully saturated rings. The Bertz CT molecular complexity index is 688. The third kappa shape index (κ3) is 5.19. The van der Waals surface area contributed by atoms with Crippen LogP contribution in [0, 0.1) is 5.92 Å². The highest BCUT2D eigenvalue weighted by atomic mass is 32.3. The summed E-state index contributed by atoms with van der Waals surface area (Å²) in [5, 5.41) is 0. The lowest BCUT2D eigenvalue weighted by Gasteiger charge is -2.17. The van der Waals surface area contributed by atoms with Gasteiger partial charge in [-0.1, -0.05) is 18.2 Å². The second-order valence-electron chi connectivity index (χ2n) is 5.56. The summed E-state index contributed by atoms with van der Waals surface area (Å²) in [5.41, 5.74) is -0.335. The predicted octanol–water partition coefficient (Wildman–Crippen LogP) is 2.40. The van der Waals surface area contributed by atoms with E-state index in [0.29, 0.717) is 5.56 Å². The zero-order valence-corrected chi connectivity index (χ0v) is 12.8. The Morgan fingerprint density at radius 2 is 1.96 bits per heavy atom. The summed E-state index contributed by atoms with van der Waals surface area (Å²) in [6, 6.07) is 4.80. The van der Waals surface area contributed by atoms with Gasteiger partial charge in [0.05, 0.1) is 11.3 Å². The Morgan fingerprint density at radius 1 is 1.26 bits per heavy atom. The lowest BCUT2D eigenvalue weighted by atomic mass is 10.1. The van der Waals surface area contributed by atoms with E-state index in [1.165, 1.54) is 17.0 Å². The zero-order chi connectivity index (χ0) is 17.3. The van der Waals surface area contributed by atoms with Crippen molar-refractivity contribution < 1.29 is 30.3 Å². The minimum absolute atomic E-state index is 0.0637. The molecule has 128 valence electrons. The van der Waals surface area contributed by atoms with Crippen molar-refractivity contribution in [3.8, 4) is 0 Å². The van der Waals surface area contributed by atoms with Crippen molar-refractivity contribution in [3.63, 3.8) is 0 Å². The molecule has 1 aliphatic heterocycles. The van der Waals surface area contributed by atoms with Crippen LogP contribution in [0.3, 0.4) is 0 Å². The minimum atomic E-state index is -4.65. The molecule has 0 N–H and O–H groups in total. The van der Waals surface area contributed by atoms with Gasteiger partial charge in [-0.3, -0.25) is 4.79 Å². The first-order valence-corrected chi connectivity index (χ1v) is 8.46. The van der Waals surface area contributed by atoms with Gasteiger partial charge in [-0.05, 0) is 18.1 Å².